The van der Waals surface area contributed by atoms with Crippen molar-refractivity contribution in [2.24, 2.45) is 0 Å². The molecule has 3 aromatic rings. The Bertz CT molecular complexity index is 1620. The fourth-order valence-electron chi connectivity index (χ4n) is 6.83. The van der Waals surface area contributed by atoms with Crippen molar-refractivity contribution in [3.05, 3.63) is 82.6 Å². The molecular weight excluding hydrogens is 698 g/mol. The zero-order chi connectivity index (χ0) is 38.0. The molecule has 2 fully saturated rings. The molecule has 0 spiro atoms. The van der Waals surface area contributed by atoms with Crippen LogP contribution in [-0.4, -0.2) is 103 Å². The zero-order valence-electron chi connectivity index (χ0n) is 30.6. The molecule has 2 saturated carbocycles. The lowest BCUT2D eigenvalue weighted by molar-refractivity contribution is -0.140. The van der Waals surface area contributed by atoms with Gasteiger partial charge in [0.1, 0.15) is 30.2 Å². The Morgan fingerprint density at radius 3 is 2.45 bits per heavy atom. The average Bonchev–Trinajstić information content (AvgIpc) is 4.12. The van der Waals surface area contributed by atoms with Crippen molar-refractivity contribution < 1.29 is 40.2 Å². The Labute approximate surface area is 317 Å². The van der Waals surface area contributed by atoms with Gasteiger partial charge in [0.15, 0.2) is 0 Å². The smallest absolute Gasteiger partial charge is 0.222 e. The van der Waals surface area contributed by atoms with Crippen LogP contribution in [0.3, 0.4) is 0 Å². The second-order valence-corrected chi connectivity index (χ2v) is 15.1. The van der Waals surface area contributed by atoms with E-state index in [2.05, 4.69) is 35.4 Å². The van der Waals surface area contributed by atoms with E-state index < -0.39 is 31.0 Å². The first-order chi connectivity index (χ1) is 25.6. The van der Waals surface area contributed by atoms with Gasteiger partial charge < -0.3 is 45.6 Å². The van der Waals surface area contributed by atoms with Crippen molar-refractivity contribution >= 4 is 17.5 Å². The van der Waals surface area contributed by atoms with Crippen molar-refractivity contribution in [3.63, 3.8) is 0 Å². The summed E-state index contributed by atoms with van der Waals surface area (Å²) in [7, 11) is 0. The second-order valence-electron chi connectivity index (χ2n) is 14.7. The number of nitrogens with zero attached hydrogens (tertiary/aromatic N) is 2. The Hall–Kier alpha value is -3.13. The van der Waals surface area contributed by atoms with Crippen molar-refractivity contribution in [1.82, 2.24) is 15.2 Å². The van der Waals surface area contributed by atoms with E-state index in [1.807, 2.05) is 42.7 Å². The predicted octanol–water partition coefficient (Wildman–Crippen LogP) is 4.42. The van der Waals surface area contributed by atoms with Gasteiger partial charge in [-0.05, 0) is 104 Å². The van der Waals surface area contributed by atoms with Crippen LogP contribution in [0.2, 0.25) is 5.02 Å². The zero-order valence-corrected chi connectivity index (χ0v) is 31.4. The first-order valence-electron chi connectivity index (χ1n) is 19.0. The SMILES string of the molecule is CC(CCCC(=O)N(CCCCCO)CC(O)C(O)C(O)C(O)CO)c1ccc(Cl)c(CNC2(c3cnccc3-c3ccccc3OC3CC3)CC2)c1. The number of rotatable bonds is 23. The van der Waals surface area contributed by atoms with E-state index in [-0.39, 0.29) is 36.9 Å². The molecule has 2 aromatic carbocycles. The molecule has 5 atom stereocenters. The summed E-state index contributed by atoms with van der Waals surface area (Å²) in [6.45, 7) is 2.04. The van der Waals surface area contributed by atoms with Gasteiger partial charge in [0.25, 0.3) is 0 Å². The number of para-hydroxylation sites is 1. The summed E-state index contributed by atoms with van der Waals surface area (Å²) in [6.07, 6.45) is 5.00. The van der Waals surface area contributed by atoms with Gasteiger partial charge in [-0.25, -0.2) is 0 Å². The molecule has 1 heterocycles. The summed E-state index contributed by atoms with van der Waals surface area (Å²) in [5.74, 6) is 0.848. The van der Waals surface area contributed by atoms with Gasteiger partial charge in [0.2, 0.25) is 5.91 Å². The maximum atomic E-state index is 13.3. The van der Waals surface area contributed by atoms with Crippen LogP contribution in [0.4, 0.5) is 0 Å². The molecule has 53 heavy (non-hydrogen) atoms. The third kappa shape index (κ3) is 11.2. The molecule has 290 valence electrons. The molecule has 2 aliphatic rings. The van der Waals surface area contributed by atoms with Crippen molar-refractivity contribution in [2.45, 2.75) is 120 Å². The van der Waals surface area contributed by atoms with E-state index in [1.165, 1.54) is 4.90 Å². The number of ether oxygens (including phenoxy) is 1. The maximum Gasteiger partial charge on any atom is 0.222 e. The van der Waals surface area contributed by atoms with Gasteiger partial charge in [-0.1, -0.05) is 48.9 Å². The molecule has 5 rings (SSSR count). The average molecular weight is 754 g/mol. The number of amides is 1. The molecule has 0 bridgehead atoms. The number of benzene rings is 2. The number of aliphatic hydroxyl groups excluding tert-OH is 6. The lowest BCUT2D eigenvalue weighted by Gasteiger charge is -2.30. The van der Waals surface area contributed by atoms with Crippen molar-refractivity contribution in [3.8, 4) is 16.9 Å². The number of carbonyl (C=O) groups excluding carboxylic acids is 1. The number of pyridine rings is 1. The van der Waals surface area contributed by atoms with E-state index in [0.717, 1.165) is 65.7 Å². The molecule has 11 nitrogen and oxygen atoms in total. The van der Waals surface area contributed by atoms with Crippen LogP contribution in [0, 0.1) is 0 Å². The Kier molecular flexibility index (Phi) is 15.1. The van der Waals surface area contributed by atoms with Crippen LogP contribution in [0.25, 0.3) is 11.1 Å². The number of nitrogens with one attached hydrogen (secondary N) is 1. The molecule has 12 heteroatoms. The summed E-state index contributed by atoms with van der Waals surface area (Å²) < 4.78 is 6.27. The third-order valence-corrected chi connectivity index (χ3v) is 10.9. The molecule has 2 aliphatic carbocycles. The van der Waals surface area contributed by atoms with E-state index in [9.17, 15) is 25.2 Å². The highest BCUT2D eigenvalue weighted by Crippen LogP contribution is 2.50. The van der Waals surface area contributed by atoms with Crippen LogP contribution < -0.4 is 10.1 Å². The van der Waals surface area contributed by atoms with Gasteiger partial charge in [-0.15, -0.1) is 0 Å². The normalized spacial score (nSPS) is 17.8. The molecule has 0 aliphatic heterocycles. The monoisotopic (exact) mass is 753 g/mol. The minimum absolute atomic E-state index is 0.0401. The van der Waals surface area contributed by atoms with E-state index in [4.69, 9.17) is 26.6 Å². The van der Waals surface area contributed by atoms with Gasteiger partial charge in [0, 0.05) is 61.2 Å². The largest absolute Gasteiger partial charge is 0.490 e. The van der Waals surface area contributed by atoms with Crippen molar-refractivity contribution in [2.75, 3.05) is 26.3 Å². The molecule has 0 saturated heterocycles. The molecule has 1 aromatic heterocycles. The highest BCUT2D eigenvalue weighted by Gasteiger charge is 2.46. The van der Waals surface area contributed by atoms with Crippen LogP contribution in [0.1, 0.15) is 93.7 Å². The summed E-state index contributed by atoms with van der Waals surface area (Å²) in [5, 5.41) is 63.4. The number of carbonyl (C=O) groups is 1. The number of aromatic nitrogens is 1. The van der Waals surface area contributed by atoms with Crippen LogP contribution in [0.15, 0.2) is 60.9 Å². The Morgan fingerprint density at radius 1 is 0.981 bits per heavy atom. The van der Waals surface area contributed by atoms with E-state index >= 15 is 0 Å². The quantitative estimate of drug-likeness (QED) is 0.0687. The summed E-state index contributed by atoms with van der Waals surface area (Å²) >= 11 is 6.74. The topological polar surface area (TPSA) is 176 Å². The minimum atomic E-state index is -1.77. The lowest BCUT2D eigenvalue weighted by atomic mass is 9.93. The summed E-state index contributed by atoms with van der Waals surface area (Å²) in [4.78, 5) is 19.3. The second kappa shape index (κ2) is 19.5. The standard InChI is InChI=1S/C41H56ClN3O8/c1-27(8-7-11-38(50)45(20-5-2-6-21-46)25-35(48)39(51)40(52)36(49)26-47)28-12-15-34(42)29(22-28)23-44-41(17-18-41)33-24-43-19-16-31(33)32-9-3-4-10-37(32)53-30-13-14-30/h3-4,9-10,12,15-16,19,22,24,27,30,35-36,39-40,44,46-49,51-52H,2,5-8,11,13-14,17-18,20-21,23,25-26H2,1H3. The Morgan fingerprint density at radius 2 is 1.74 bits per heavy atom. The van der Waals surface area contributed by atoms with Crippen molar-refractivity contribution in [1.29, 1.82) is 0 Å². The number of hydrogen-bond donors (Lipinski definition) is 7. The van der Waals surface area contributed by atoms with Gasteiger partial charge in [-0.3, -0.25) is 9.78 Å². The molecule has 0 radical (unpaired) electrons. The van der Waals surface area contributed by atoms with Crippen LogP contribution >= 0.6 is 11.6 Å². The number of halogens is 1. The summed E-state index contributed by atoms with van der Waals surface area (Å²) in [6, 6.07) is 16.4. The van der Waals surface area contributed by atoms with E-state index in [0.29, 0.717) is 49.9 Å². The minimum Gasteiger partial charge on any atom is -0.490 e. The fourth-order valence-corrected chi connectivity index (χ4v) is 7.01. The fraction of sp³-hybridized carbons (Fsp3) is 0.561. The molecule has 5 unspecified atom stereocenters. The highest BCUT2D eigenvalue weighted by atomic mass is 35.5. The molecule has 7 N–H and O–H groups in total. The van der Waals surface area contributed by atoms with Gasteiger partial charge >= 0.3 is 0 Å². The molecule has 1 amide bonds. The lowest BCUT2D eigenvalue weighted by Crippen LogP contribution is -2.50. The first-order valence-corrected chi connectivity index (χ1v) is 19.4. The molecular formula is C41H56ClN3O8. The predicted molar refractivity (Wildman–Crippen MR) is 203 cm³/mol. The number of unbranched alkanes of at least 4 members (excludes halogenated alkanes) is 2. The Balaban J connectivity index is 1.18. The number of aliphatic hydroxyl groups is 6. The van der Waals surface area contributed by atoms with E-state index in [1.54, 1.807) is 0 Å². The van der Waals surface area contributed by atoms with Gasteiger partial charge in [-0.2, -0.15) is 0 Å². The van der Waals surface area contributed by atoms with Crippen LogP contribution in [-0.2, 0) is 16.9 Å². The van der Waals surface area contributed by atoms with Crippen LogP contribution in [0.5, 0.6) is 5.75 Å². The number of hydrogen-bond acceptors (Lipinski definition) is 10. The highest BCUT2D eigenvalue weighted by molar-refractivity contribution is 6.31. The first kappa shape index (κ1) is 41.0. The van der Waals surface area contributed by atoms with Gasteiger partial charge in [0.05, 0.1) is 12.7 Å². The summed E-state index contributed by atoms with van der Waals surface area (Å²) in [5.41, 5.74) is 5.25. The third-order valence-electron chi connectivity index (χ3n) is 10.5. The maximum absolute atomic E-state index is 13.3.